The minimum absolute atomic E-state index is 0.0215. The van der Waals surface area contributed by atoms with E-state index in [4.69, 9.17) is 11.6 Å². The zero-order chi connectivity index (χ0) is 20.5. The molecule has 3 rings (SSSR count). The average Bonchev–Trinajstić information content (AvgIpc) is 3.05. The Bertz CT molecular complexity index is 884. The van der Waals surface area contributed by atoms with E-state index in [0.717, 1.165) is 12.0 Å². The summed E-state index contributed by atoms with van der Waals surface area (Å²) in [4.78, 5) is 28.9. The fraction of sp³-hybridized carbons (Fsp3) is 0.391. The van der Waals surface area contributed by atoms with Gasteiger partial charge in [-0.3, -0.25) is 14.5 Å². The topological polar surface area (TPSA) is 40.6 Å². The highest BCUT2D eigenvalue weighted by atomic mass is 35.5. The van der Waals surface area contributed by atoms with E-state index >= 15 is 0 Å². The summed E-state index contributed by atoms with van der Waals surface area (Å²) in [6.07, 6.45) is 1.37. The summed E-state index contributed by atoms with van der Waals surface area (Å²) in [7, 11) is 0. The molecule has 28 heavy (non-hydrogen) atoms. The Labute approximate surface area is 172 Å². The molecule has 0 atom stereocenters. The molecular formula is C23H27ClN2O2. The zero-order valence-corrected chi connectivity index (χ0v) is 17.7. The van der Waals surface area contributed by atoms with Crippen LogP contribution in [0.1, 0.15) is 55.1 Å². The molecule has 0 aliphatic carbocycles. The Balaban J connectivity index is 1.94. The van der Waals surface area contributed by atoms with E-state index in [0.29, 0.717) is 29.2 Å². The van der Waals surface area contributed by atoms with Gasteiger partial charge in [0.05, 0.1) is 0 Å². The summed E-state index contributed by atoms with van der Waals surface area (Å²) in [5, 5.41) is 0.603. The van der Waals surface area contributed by atoms with E-state index in [2.05, 4.69) is 20.8 Å². The van der Waals surface area contributed by atoms with Crippen LogP contribution in [0.5, 0.6) is 0 Å². The van der Waals surface area contributed by atoms with Crippen LogP contribution in [-0.2, 0) is 10.2 Å². The van der Waals surface area contributed by atoms with Crippen molar-refractivity contribution in [3.05, 3.63) is 64.2 Å². The van der Waals surface area contributed by atoms with Crippen molar-refractivity contribution in [3.8, 4) is 0 Å². The molecule has 4 nitrogen and oxygen atoms in total. The van der Waals surface area contributed by atoms with Crippen molar-refractivity contribution < 1.29 is 9.59 Å². The Morgan fingerprint density at radius 3 is 2.36 bits per heavy atom. The third kappa shape index (κ3) is 4.39. The van der Waals surface area contributed by atoms with Crippen molar-refractivity contribution in [3.63, 3.8) is 0 Å². The number of benzene rings is 2. The van der Waals surface area contributed by atoms with Gasteiger partial charge in [0.1, 0.15) is 6.67 Å². The summed E-state index contributed by atoms with van der Waals surface area (Å²) < 4.78 is 0. The van der Waals surface area contributed by atoms with Crippen LogP contribution in [-0.4, -0.2) is 29.9 Å². The van der Waals surface area contributed by atoms with Gasteiger partial charge >= 0.3 is 0 Å². The lowest BCUT2D eigenvalue weighted by Crippen LogP contribution is -2.42. The normalized spacial score (nSPS) is 14.5. The number of hydrogen-bond donors (Lipinski definition) is 0. The van der Waals surface area contributed by atoms with E-state index in [-0.39, 0.29) is 23.9 Å². The Hall–Kier alpha value is -2.33. The molecule has 5 heteroatoms. The van der Waals surface area contributed by atoms with Crippen molar-refractivity contribution in [2.45, 2.75) is 46.0 Å². The molecule has 0 bridgehead atoms. The molecule has 1 aliphatic rings. The summed E-state index contributed by atoms with van der Waals surface area (Å²) in [6.45, 7) is 9.26. The second kappa shape index (κ2) is 7.96. The Kier molecular flexibility index (Phi) is 5.80. The standard InChI is InChI=1S/C23H27ClN2O2/c1-16-7-12-19(14-20(16)24)26(15-25-13-5-6-21(25)27)22(28)17-8-10-18(11-9-17)23(2,3)4/h7-12,14H,5-6,13,15H2,1-4H3. The lowest BCUT2D eigenvalue weighted by Gasteiger charge is -2.29. The zero-order valence-electron chi connectivity index (χ0n) is 17.0. The molecule has 2 aromatic carbocycles. The number of amides is 2. The van der Waals surface area contributed by atoms with Crippen LogP contribution in [0.15, 0.2) is 42.5 Å². The second-order valence-corrected chi connectivity index (χ2v) is 8.80. The smallest absolute Gasteiger partial charge is 0.259 e. The van der Waals surface area contributed by atoms with Gasteiger partial charge in [-0.1, -0.05) is 50.6 Å². The van der Waals surface area contributed by atoms with Gasteiger partial charge in [0.15, 0.2) is 0 Å². The number of halogens is 1. The van der Waals surface area contributed by atoms with E-state index < -0.39 is 0 Å². The van der Waals surface area contributed by atoms with Crippen molar-refractivity contribution >= 4 is 29.1 Å². The van der Waals surface area contributed by atoms with Crippen molar-refractivity contribution in [1.82, 2.24) is 4.90 Å². The van der Waals surface area contributed by atoms with Gasteiger partial charge in [0, 0.05) is 29.2 Å². The van der Waals surface area contributed by atoms with Crippen LogP contribution in [0.25, 0.3) is 0 Å². The molecule has 148 valence electrons. The van der Waals surface area contributed by atoms with Crippen molar-refractivity contribution in [1.29, 1.82) is 0 Å². The summed E-state index contributed by atoms with van der Waals surface area (Å²) in [5.41, 5.74) is 3.43. The number of rotatable bonds is 4. The average molecular weight is 399 g/mol. The Morgan fingerprint density at radius 2 is 1.82 bits per heavy atom. The van der Waals surface area contributed by atoms with E-state index in [1.165, 1.54) is 5.56 Å². The lowest BCUT2D eigenvalue weighted by molar-refractivity contribution is -0.127. The largest absolute Gasteiger partial charge is 0.324 e. The number of anilines is 1. The fourth-order valence-corrected chi connectivity index (χ4v) is 3.48. The van der Waals surface area contributed by atoms with Gasteiger partial charge in [-0.05, 0) is 54.2 Å². The van der Waals surface area contributed by atoms with Gasteiger partial charge in [-0.25, -0.2) is 0 Å². The summed E-state index contributed by atoms with van der Waals surface area (Å²) in [5.74, 6) is -0.0563. The SMILES string of the molecule is Cc1ccc(N(CN2CCCC2=O)C(=O)c2ccc(C(C)(C)C)cc2)cc1Cl. The first kappa shape index (κ1) is 20.4. The summed E-state index contributed by atoms with van der Waals surface area (Å²) in [6, 6.07) is 13.3. The number of carbonyl (C=O) groups is 2. The van der Waals surface area contributed by atoms with Crippen LogP contribution in [0.3, 0.4) is 0 Å². The fourth-order valence-electron chi connectivity index (χ4n) is 3.31. The first-order chi connectivity index (χ1) is 13.2. The van der Waals surface area contributed by atoms with Crippen LogP contribution in [0.2, 0.25) is 5.02 Å². The van der Waals surface area contributed by atoms with Crippen molar-refractivity contribution in [2.24, 2.45) is 0 Å². The molecule has 0 spiro atoms. The molecule has 0 radical (unpaired) electrons. The number of carbonyl (C=O) groups excluding carboxylic acids is 2. The minimum Gasteiger partial charge on any atom is -0.324 e. The number of nitrogens with zero attached hydrogens (tertiary/aromatic N) is 2. The van der Waals surface area contributed by atoms with Gasteiger partial charge < -0.3 is 4.90 Å². The molecule has 0 aromatic heterocycles. The van der Waals surface area contributed by atoms with E-state index in [1.807, 2.05) is 43.3 Å². The maximum Gasteiger partial charge on any atom is 0.259 e. The minimum atomic E-state index is -0.139. The Morgan fingerprint density at radius 1 is 1.14 bits per heavy atom. The first-order valence-electron chi connectivity index (χ1n) is 9.63. The van der Waals surface area contributed by atoms with Gasteiger partial charge in [-0.15, -0.1) is 0 Å². The lowest BCUT2D eigenvalue weighted by atomic mass is 9.86. The molecular weight excluding hydrogens is 372 g/mol. The molecule has 2 aromatic rings. The number of hydrogen-bond acceptors (Lipinski definition) is 2. The van der Waals surface area contributed by atoms with Crippen molar-refractivity contribution in [2.75, 3.05) is 18.1 Å². The van der Waals surface area contributed by atoms with Crippen LogP contribution in [0.4, 0.5) is 5.69 Å². The molecule has 0 saturated carbocycles. The highest BCUT2D eigenvalue weighted by Crippen LogP contribution is 2.27. The maximum absolute atomic E-state index is 13.3. The molecule has 0 N–H and O–H groups in total. The van der Waals surface area contributed by atoms with Crippen LogP contribution >= 0.6 is 11.6 Å². The summed E-state index contributed by atoms with van der Waals surface area (Å²) >= 11 is 6.31. The number of aryl methyl sites for hydroxylation is 1. The third-order valence-corrected chi connectivity index (χ3v) is 5.60. The van der Waals surface area contributed by atoms with Gasteiger partial charge in [0.2, 0.25) is 5.91 Å². The number of likely N-dealkylation sites (tertiary alicyclic amines) is 1. The van der Waals surface area contributed by atoms with Crippen LogP contribution < -0.4 is 4.90 Å². The molecule has 1 heterocycles. The highest BCUT2D eigenvalue weighted by molar-refractivity contribution is 6.31. The maximum atomic E-state index is 13.3. The molecule has 1 fully saturated rings. The highest BCUT2D eigenvalue weighted by Gasteiger charge is 2.27. The van der Waals surface area contributed by atoms with E-state index in [1.54, 1.807) is 15.9 Å². The van der Waals surface area contributed by atoms with Gasteiger partial charge in [0.25, 0.3) is 5.91 Å². The molecule has 1 saturated heterocycles. The monoisotopic (exact) mass is 398 g/mol. The first-order valence-corrected chi connectivity index (χ1v) is 10.0. The van der Waals surface area contributed by atoms with Crippen LogP contribution in [0, 0.1) is 6.92 Å². The molecule has 2 amide bonds. The predicted molar refractivity (Wildman–Crippen MR) is 114 cm³/mol. The second-order valence-electron chi connectivity index (χ2n) is 8.40. The molecule has 0 unspecified atom stereocenters. The van der Waals surface area contributed by atoms with Gasteiger partial charge in [-0.2, -0.15) is 0 Å². The quantitative estimate of drug-likeness (QED) is 0.712. The molecule has 1 aliphatic heterocycles. The third-order valence-electron chi connectivity index (χ3n) is 5.19. The van der Waals surface area contributed by atoms with E-state index in [9.17, 15) is 9.59 Å². The predicted octanol–water partition coefficient (Wildman–Crippen LogP) is 5.17.